The number of carbonyl (C=O) groups is 1. The van der Waals surface area contributed by atoms with E-state index < -0.39 is 12.0 Å². The molecule has 0 saturated heterocycles. The highest BCUT2D eigenvalue weighted by Crippen LogP contribution is 2.35. The van der Waals surface area contributed by atoms with Gasteiger partial charge >= 0.3 is 5.97 Å². The Balaban J connectivity index is 1.83. The van der Waals surface area contributed by atoms with Gasteiger partial charge in [0, 0.05) is 10.4 Å². The third kappa shape index (κ3) is 4.38. The van der Waals surface area contributed by atoms with Crippen LogP contribution >= 0.6 is 22.7 Å². The molecule has 4 aromatic rings. The van der Waals surface area contributed by atoms with Crippen LogP contribution in [-0.2, 0) is 9.53 Å². The number of fused-ring (bicyclic) bond motifs is 1. The number of esters is 1. The van der Waals surface area contributed by atoms with Crippen molar-refractivity contribution in [1.29, 1.82) is 0 Å². The average Bonchev–Trinajstić information content (AvgIpc) is 3.51. The minimum Gasteiger partial charge on any atom is -0.497 e. The largest absolute Gasteiger partial charge is 0.497 e. The van der Waals surface area contributed by atoms with Crippen LogP contribution in [0.2, 0.25) is 0 Å². The first-order chi connectivity index (χ1) is 17.1. The minimum atomic E-state index is -0.697. The van der Waals surface area contributed by atoms with Crippen molar-refractivity contribution >= 4 is 40.4 Å². The van der Waals surface area contributed by atoms with E-state index in [1.807, 2.05) is 78.2 Å². The Morgan fingerprint density at radius 1 is 1.09 bits per heavy atom. The molecule has 1 aliphatic heterocycles. The van der Waals surface area contributed by atoms with E-state index in [0.29, 0.717) is 26.4 Å². The van der Waals surface area contributed by atoms with Crippen molar-refractivity contribution in [3.63, 3.8) is 0 Å². The molecule has 0 fully saturated rings. The van der Waals surface area contributed by atoms with E-state index in [1.165, 1.54) is 11.3 Å². The average molecular weight is 503 g/mol. The Kier molecular flexibility index (Phi) is 6.48. The molecular formula is C27H22N2O4S2. The number of methoxy groups -OCH3 is 1. The number of benzene rings is 2. The Labute approximate surface area is 209 Å². The van der Waals surface area contributed by atoms with Gasteiger partial charge in [-0.2, -0.15) is 0 Å². The van der Waals surface area contributed by atoms with Gasteiger partial charge in [0.2, 0.25) is 0 Å². The van der Waals surface area contributed by atoms with Crippen LogP contribution in [0.15, 0.2) is 87.5 Å². The Morgan fingerprint density at radius 3 is 2.51 bits per heavy atom. The molecule has 0 bridgehead atoms. The van der Waals surface area contributed by atoms with Crippen molar-refractivity contribution in [3.05, 3.63) is 113 Å². The zero-order valence-electron chi connectivity index (χ0n) is 19.1. The highest BCUT2D eigenvalue weighted by molar-refractivity contribution is 7.11. The summed E-state index contributed by atoms with van der Waals surface area (Å²) < 4.78 is 13.0. The van der Waals surface area contributed by atoms with Crippen LogP contribution < -0.4 is 19.6 Å². The number of thiazole rings is 1. The topological polar surface area (TPSA) is 69.9 Å². The maximum absolute atomic E-state index is 13.7. The first-order valence-electron chi connectivity index (χ1n) is 11.1. The zero-order valence-corrected chi connectivity index (χ0v) is 20.8. The molecule has 8 heteroatoms. The molecule has 0 aliphatic carbocycles. The number of thiophene rings is 1. The molecule has 1 aliphatic rings. The molecule has 1 atom stereocenters. The van der Waals surface area contributed by atoms with Crippen LogP contribution in [0, 0.1) is 0 Å². The van der Waals surface area contributed by atoms with Gasteiger partial charge in [-0.15, -0.1) is 11.3 Å². The lowest BCUT2D eigenvalue weighted by Gasteiger charge is -2.26. The predicted molar refractivity (Wildman–Crippen MR) is 138 cm³/mol. The van der Waals surface area contributed by atoms with Gasteiger partial charge in [0.1, 0.15) is 5.75 Å². The van der Waals surface area contributed by atoms with Crippen LogP contribution in [0.3, 0.4) is 0 Å². The summed E-state index contributed by atoms with van der Waals surface area (Å²) in [5.74, 6) is 0.187. The maximum atomic E-state index is 13.7. The van der Waals surface area contributed by atoms with Crippen LogP contribution in [0.1, 0.15) is 29.0 Å². The quantitative estimate of drug-likeness (QED) is 0.374. The molecule has 2 aromatic carbocycles. The second kappa shape index (κ2) is 9.85. The Morgan fingerprint density at radius 2 is 1.86 bits per heavy atom. The van der Waals surface area contributed by atoms with Crippen LogP contribution in [0.25, 0.3) is 11.8 Å². The van der Waals surface area contributed by atoms with Gasteiger partial charge in [0.15, 0.2) is 4.80 Å². The van der Waals surface area contributed by atoms with Gasteiger partial charge in [-0.3, -0.25) is 9.36 Å². The van der Waals surface area contributed by atoms with Gasteiger partial charge < -0.3 is 9.47 Å². The first kappa shape index (κ1) is 23.0. The molecule has 0 unspecified atom stereocenters. The van der Waals surface area contributed by atoms with Gasteiger partial charge in [-0.05, 0) is 42.1 Å². The number of ether oxygens (including phenoxy) is 2. The summed E-state index contributed by atoms with van der Waals surface area (Å²) in [4.78, 5) is 33.4. The predicted octanol–water partition coefficient (Wildman–Crippen LogP) is 4.01. The fraction of sp³-hybridized carbons (Fsp3) is 0.148. The normalized spacial score (nSPS) is 15.5. The number of rotatable bonds is 6. The Hall–Kier alpha value is -3.75. The molecule has 0 saturated carbocycles. The van der Waals surface area contributed by atoms with Crippen LogP contribution in [-0.4, -0.2) is 24.3 Å². The monoisotopic (exact) mass is 502 g/mol. The molecule has 6 nitrogen and oxygen atoms in total. The molecule has 0 amide bonds. The van der Waals surface area contributed by atoms with E-state index >= 15 is 0 Å². The summed E-state index contributed by atoms with van der Waals surface area (Å²) in [6.45, 7) is 1.97. The SMILES string of the molecule is CCOC(=O)C1=C(c2ccccc2)N=c2s/c(=C\c3cccs3)c(=O)n2[C@@H]1c1ccc(OC)cc1. The molecule has 0 spiro atoms. The highest BCUT2D eigenvalue weighted by atomic mass is 32.1. The lowest BCUT2D eigenvalue weighted by atomic mass is 9.93. The molecular weight excluding hydrogens is 480 g/mol. The molecule has 3 heterocycles. The molecule has 0 radical (unpaired) electrons. The van der Waals surface area contributed by atoms with Crippen molar-refractivity contribution < 1.29 is 14.3 Å². The van der Waals surface area contributed by atoms with Crippen molar-refractivity contribution in [2.24, 2.45) is 4.99 Å². The molecule has 2 aromatic heterocycles. The second-order valence-electron chi connectivity index (χ2n) is 7.72. The van der Waals surface area contributed by atoms with E-state index in [0.717, 1.165) is 16.0 Å². The van der Waals surface area contributed by atoms with Crippen molar-refractivity contribution in [1.82, 2.24) is 4.57 Å². The Bertz CT molecular complexity index is 1560. The summed E-state index contributed by atoms with van der Waals surface area (Å²) in [6, 6.07) is 20.1. The fourth-order valence-electron chi connectivity index (χ4n) is 4.04. The maximum Gasteiger partial charge on any atom is 0.338 e. The van der Waals surface area contributed by atoms with Gasteiger partial charge in [-0.25, -0.2) is 9.79 Å². The fourth-order valence-corrected chi connectivity index (χ4v) is 5.77. The van der Waals surface area contributed by atoms with E-state index in [4.69, 9.17) is 14.5 Å². The number of carbonyl (C=O) groups excluding carboxylic acids is 1. The van der Waals surface area contributed by atoms with E-state index in [2.05, 4.69) is 0 Å². The lowest BCUT2D eigenvalue weighted by Crippen LogP contribution is -2.39. The summed E-state index contributed by atoms with van der Waals surface area (Å²) in [7, 11) is 1.60. The third-order valence-electron chi connectivity index (χ3n) is 5.62. The van der Waals surface area contributed by atoms with Crippen LogP contribution in [0.5, 0.6) is 5.75 Å². The van der Waals surface area contributed by atoms with Gasteiger partial charge in [0.25, 0.3) is 5.56 Å². The van der Waals surface area contributed by atoms with E-state index in [1.54, 1.807) is 29.9 Å². The molecule has 0 N–H and O–H groups in total. The number of hydrogen-bond acceptors (Lipinski definition) is 7. The summed E-state index contributed by atoms with van der Waals surface area (Å²) in [6.07, 6.45) is 1.87. The van der Waals surface area contributed by atoms with Crippen molar-refractivity contribution in [2.45, 2.75) is 13.0 Å². The highest BCUT2D eigenvalue weighted by Gasteiger charge is 2.35. The molecule has 176 valence electrons. The number of nitrogens with zero attached hydrogens (tertiary/aromatic N) is 2. The summed E-state index contributed by atoms with van der Waals surface area (Å²) in [5, 5.41) is 1.97. The van der Waals surface area contributed by atoms with Crippen molar-refractivity contribution in [2.75, 3.05) is 13.7 Å². The second-order valence-corrected chi connectivity index (χ2v) is 9.71. The van der Waals surface area contributed by atoms with Gasteiger partial charge in [-0.1, -0.05) is 59.9 Å². The lowest BCUT2D eigenvalue weighted by molar-refractivity contribution is -0.138. The third-order valence-corrected chi connectivity index (χ3v) is 7.42. The summed E-state index contributed by atoms with van der Waals surface area (Å²) >= 11 is 2.87. The molecule has 5 rings (SSSR count). The van der Waals surface area contributed by atoms with Gasteiger partial charge in [0.05, 0.1) is 35.6 Å². The standard InChI is InChI=1S/C27H22N2O4S2/c1-3-33-26(31)22-23(17-8-5-4-6-9-17)28-27-29(24(22)18-11-13-19(32-2)14-12-18)25(30)21(35-27)16-20-10-7-15-34-20/h4-16,24H,3H2,1-2H3/b21-16-/t24-/m1/s1. The van der Waals surface area contributed by atoms with E-state index in [9.17, 15) is 9.59 Å². The number of hydrogen-bond donors (Lipinski definition) is 0. The summed E-state index contributed by atoms with van der Waals surface area (Å²) in [5.41, 5.74) is 2.19. The minimum absolute atomic E-state index is 0.197. The van der Waals surface area contributed by atoms with E-state index in [-0.39, 0.29) is 12.2 Å². The van der Waals surface area contributed by atoms with Crippen molar-refractivity contribution in [3.8, 4) is 5.75 Å². The molecule has 35 heavy (non-hydrogen) atoms. The van der Waals surface area contributed by atoms with Crippen LogP contribution in [0.4, 0.5) is 0 Å². The number of aromatic nitrogens is 1. The smallest absolute Gasteiger partial charge is 0.338 e. The first-order valence-corrected chi connectivity index (χ1v) is 12.8. The zero-order chi connectivity index (χ0) is 24.4.